The van der Waals surface area contributed by atoms with Gasteiger partial charge in [0.1, 0.15) is 6.67 Å². The Hall–Kier alpha value is -1.06. The topological polar surface area (TPSA) is 54.1 Å². The lowest BCUT2D eigenvalue weighted by Crippen LogP contribution is -1.99. The SMILES string of the molecule is O=NC1=NCN=CC1. The third-order valence-corrected chi connectivity index (χ3v) is 0.843. The Morgan fingerprint density at radius 3 is 3.00 bits per heavy atom. The van der Waals surface area contributed by atoms with E-state index >= 15 is 0 Å². The monoisotopic (exact) mass is 111 g/mol. The second kappa shape index (κ2) is 2.30. The summed E-state index contributed by atoms with van der Waals surface area (Å²) in [6.07, 6.45) is 2.13. The molecule has 0 aromatic carbocycles. The Morgan fingerprint density at radius 2 is 2.62 bits per heavy atom. The lowest BCUT2D eigenvalue weighted by atomic mass is 10.4. The van der Waals surface area contributed by atoms with Gasteiger partial charge in [0.05, 0.1) is 0 Å². The van der Waals surface area contributed by atoms with Gasteiger partial charge >= 0.3 is 0 Å². The maximum Gasteiger partial charge on any atom is 0.175 e. The van der Waals surface area contributed by atoms with Crippen LogP contribution in [0.25, 0.3) is 0 Å². The molecule has 0 bridgehead atoms. The summed E-state index contributed by atoms with van der Waals surface area (Å²) >= 11 is 0. The minimum Gasteiger partial charge on any atom is -0.274 e. The second-order valence-electron chi connectivity index (χ2n) is 1.38. The molecule has 4 nitrogen and oxygen atoms in total. The van der Waals surface area contributed by atoms with Crippen LogP contribution in [0.4, 0.5) is 0 Å². The highest BCUT2D eigenvalue weighted by molar-refractivity contribution is 5.95. The van der Waals surface area contributed by atoms with Gasteiger partial charge in [0.25, 0.3) is 0 Å². The molecule has 0 aromatic heterocycles. The van der Waals surface area contributed by atoms with Crippen molar-refractivity contribution in [3.05, 3.63) is 4.91 Å². The fourth-order valence-corrected chi connectivity index (χ4v) is 0.457. The molecule has 0 radical (unpaired) electrons. The second-order valence-corrected chi connectivity index (χ2v) is 1.38. The highest BCUT2D eigenvalue weighted by atomic mass is 16.3. The van der Waals surface area contributed by atoms with Crippen molar-refractivity contribution in [3.63, 3.8) is 0 Å². The Balaban J connectivity index is 2.55. The van der Waals surface area contributed by atoms with Crippen molar-refractivity contribution >= 4 is 12.1 Å². The molecule has 1 aliphatic heterocycles. The molecule has 0 N–H and O–H groups in total. The molecule has 0 saturated heterocycles. The predicted molar refractivity (Wildman–Crippen MR) is 31.2 cm³/mol. The van der Waals surface area contributed by atoms with Crippen molar-refractivity contribution in [1.82, 2.24) is 0 Å². The van der Waals surface area contributed by atoms with Gasteiger partial charge in [-0.3, -0.25) is 4.99 Å². The highest BCUT2D eigenvalue weighted by Crippen LogP contribution is 1.92. The Labute approximate surface area is 46.3 Å². The van der Waals surface area contributed by atoms with Crippen molar-refractivity contribution in [2.75, 3.05) is 6.67 Å². The number of aliphatic imine (C=N–C) groups is 2. The third kappa shape index (κ3) is 0.959. The summed E-state index contributed by atoms with van der Waals surface area (Å²) in [6.45, 7) is 0.362. The molecular formula is C4H5N3O. The van der Waals surface area contributed by atoms with E-state index in [2.05, 4.69) is 15.2 Å². The molecule has 0 aliphatic carbocycles. The predicted octanol–water partition coefficient (Wildman–Crippen LogP) is 0.583. The van der Waals surface area contributed by atoms with E-state index in [4.69, 9.17) is 0 Å². The molecule has 1 aliphatic rings. The number of hydrogen-bond donors (Lipinski definition) is 0. The standard InChI is InChI=1S/C4H5N3O/c8-7-4-1-2-5-3-6-4/h2H,1,3H2. The molecule has 0 fully saturated rings. The van der Waals surface area contributed by atoms with Crippen LogP contribution in [0.15, 0.2) is 15.2 Å². The van der Waals surface area contributed by atoms with Gasteiger partial charge in [-0.1, -0.05) is 0 Å². The van der Waals surface area contributed by atoms with Gasteiger partial charge in [-0.2, -0.15) is 0 Å². The van der Waals surface area contributed by atoms with Crippen LogP contribution in [0, 0.1) is 4.91 Å². The normalized spacial score (nSPS) is 17.8. The molecule has 42 valence electrons. The van der Waals surface area contributed by atoms with Crippen LogP contribution in [0.1, 0.15) is 6.42 Å². The van der Waals surface area contributed by atoms with Gasteiger partial charge in [-0.15, -0.1) is 4.91 Å². The molecule has 0 unspecified atom stereocenters. The number of rotatable bonds is 0. The molecule has 0 amide bonds. The maximum absolute atomic E-state index is 9.72. The first-order valence-corrected chi connectivity index (χ1v) is 2.28. The van der Waals surface area contributed by atoms with Crippen LogP contribution < -0.4 is 0 Å². The molecule has 1 rings (SSSR count). The zero-order valence-electron chi connectivity index (χ0n) is 4.24. The molecule has 0 spiro atoms. The summed E-state index contributed by atoms with van der Waals surface area (Å²) in [4.78, 5) is 17.2. The van der Waals surface area contributed by atoms with E-state index in [-0.39, 0.29) is 0 Å². The summed E-state index contributed by atoms with van der Waals surface area (Å²) in [5.74, 6) is 0.347. The molecular weight excluding hydrogens is 106 g/mol. The van der Waals surface area contributed by atoms with Crippen LogP contribution in [-0.2, 0) is 0 Å². The lowest BCUT2D eigenvalue weighted by molar-refractivity contribution is 1.03. The van der Waals surface area contributed by atoms with E-state index in [1.54, 1.807) is 6.21 Å². The van der Waals surface area contributed by atoms with Crippen molar-refractivity contribution in [2.24, 2.45) is 15.2 Å². The zero-order chi connectivity index (χ0) is 5.82. The Bertz CT molecular complexity index is 149. The van der Waals surface area contributed by atoms with Gasteiger partial charge in [-0.25, -0.2) is 4.99 Å². The summed E-state index contributed by atoms with van der Waals surface area (Å²) in [6, 6.07) is 0. The van der Waals surface area contributed by atoms with Crippen LogP contribution in [-0.4, -0.2) is 18.7 Å². The highest BCUT2D eigenvalue weighted by Gasteiger charge is 1.97. The average Bonchev–Trinajstić information content (AvgIpc) is 1.90. The van der Waals surface area contributed by atoms with Crippen molar-refractivity contribution in [2.45, 2.75) is 6.42 Å². The molecule has 1 heterocycles. The van der Waals surface area contributed by atoms with Gasteiger partial charge in [-0.05, 0) is 5.18 Å². The van der Waals surface area contributed by atoms with Gasteiger partial charge in [0.15, 0.2) is 5.84 Å². The van der Waals surface area contributed by atoms with E-state index in [0.29, 0.717) is 18.9 Å². The van der Waals surface area contributed by atoms with Gasteiger partial charge < -0.3 is 0 Å². The van der Waals surface area contributed by atoms with E-state index in [9.17, 15) is 4.91 Å². The Morgan fingerprint density at radius 1 is 1.75 bits per heavy atom. The quantitative estimate of drug-likeness (QED) is 0.422. The summed E-state index contributed by atoms with van der Waals surface area (Å²) in [5.41, 5.74) is 0. The summed E-state index contributed by atoms with van der Waals surface area (Å²) in [5, 5.41) is 2.66. The maximum atomic E-state index is 9.72. The molecule has 8 heavy (non-hydrogen) atoms. The van der Waals surface area contributed by atoms with Crippen LogP contribution in [0.3, 0.4) is 0 Å². The first kappa shape index (κ1) is 5.08. The van der Waals surface area contributed by atoms with E-state index in [1.807, 2.05) is 0 Å². The minimum absolute atomic E-state index is 0.347. The minimum atomic E-state index is 0.347. The number of hydrogen-bond acceptors (Lipinski definition) is 4. The molecule has 0 aromatic rings. The Kier molecular flexibility index (Phi) is 1.46. The number of nitrogens with zero attached hydrogens (tertiary/aromatic N) is 3. The molecule has 0 saturated carbocycles. The van der Waals surface area contributed by atoms with Crippen LogP contribution in [0.2, 0.25) is 0 Å². The van der Waals surface area contributed by atoms with Crippen LogP contribution in [0.5, 0.6) is 0 Å². The van der Waals surface area contributed by atoms with E-state index in [1.165, 1.54) is 0 Å². The third-order valence-electron chi connectivity index (χ3n) is 0.843. The summed E-state index contributed by atoms with van der Waals surface area (Å²) < 4.78 is 0. The number of amidine groups is 1. The van der Waals surface area contributed by atoms with Gasteiger partial charge in [0, 0.05) is 12.6 Å². The fourth-order valence-electron chi connectivity index (χ4n) is 0.457. The smallest absolute Gasteiger partial charge is 0.175 e. The van der Waals surface area contributed by atoms with Crippen molar-refractivity contribution in [1.29, 1.82) is 0 Å². The van der Waals surface area contributed by atoms with Crippen molar-refractivity contribution in [3.8, 4) is 0 Å². The fraction of sp³-hybridized carbons (Fsp3) is 0.500. The van der Waals surface area contributed by atoms with Crippen LogP contribution >= 0.6 is 0 Å². The summed E-state index contributed by atoms with van der Waals surface area (Å²) in [7, 11) is 0. The van der Waals surface area contributed by atoms with E-state index in [0.717, 1.165) is 0 Å². The van der Waals surface area contributed by atoms with Crippen molar-refractivity contribution < 1.29 is 0 Å². The largest absolute Gasteiger partial charge is 0.274 e. The lowest BCUT2D eigenvalue weighted by Gasteiger charge is -1.94. The first-order chi connectivity index (χ1) is 3.93. The van der Waals surface area contributed by atoms with Gasteiger partial charge in [0.2, 0.25) is 0 Å². The first-order valence-electron chi connectivity index (χ1n) is 2.28. The average molecular weight is 111 g/mol. The molecule has 4 heteroatoms. The zero-order valence-corrected chi connectivity index (χ0v) is 4.24. The number of nitroso groups, excluding NO2 is 1. The van der Waals surface area contributed by atoms with E-state index < -0.39 is 0 Å². The molecule has 0 atom stereocenters.